The Kier molecular flexibility index (Phi) is 3.00. The molecule has 0 unspecified atom stereocenters. The van der Waals surface area contributed by atoms with Crippen LogP contribution in [0.15, 0.2) is 23.1 Å². The Bertz CT molecular complexity index is 314. The van der Waals surface area contributed by atoms with Gasteiger partial charge < -0.3 is 10.5 Å². The zero-order chi connectivity index (χ0) is 9.26. The second-order valence-electron chi connectivity index (χ2n) is 2.97. The molecule has 0 spiro atoms. The molecule has 2 rings (SSSR count). The van der Waals surface area contributed by atoms with E-state index in [0.717, 1.165) is 18.9 Å². The minimum absolute atomic E-state index is 0.636. The fourth-order valence-electron chi connectivity index (χ4n) is 1.07. The molecule has 13 heavy (non-hydrogen) atoms. The van der Waals surface area contributed by atoms with Crippen LogP contribution in [0.1, 0.15) is 0 Å². The van der Waals surface area contributed by atoms with E-state index in [9.17, 15) is 0 Å². The maximum Gasteiger partial charge on any atom is 0.0611 e. The van der Waals surface area contributed by atoms with E-state index in [1.165, 1.54) is 8.47 Å². The molecule has 4 heteroatoms. The maximum atomic E-state index is 5.67. The van der Waals surface area contributed by atoms with Crippen molar-refractivity contribution in [1.82, 2.24) is 0 Å². The molecule has 0 bridgehead atoms. The van der Waals surface area contributed by atoms with Gasteiger partial charge in [-0.15, -0.1) is 11.8 Å². The summed E-state index contributed by atoms with van der Waals surface area (Å²) in [6.07, 6.45) is 0. The summed E-state index contributed by atoms with van der Waals surface area (Å²) >= 11 is 4.20. The van der Waals surface area contributed by atoms with E-state index in [-0.39, 0.29) is 0 Å². The van der Waals surface area contributed by atoms with Gasteiger partial charge in [0.05, 0.1) is 18.5 Å². The van der Waals surface area contributed by atoms with E-state index >= 15 is 0 Å². The molecule has 2 nitrogen and oxygen atoms in total. The van der Waals surface area contributed by atoms with Gasteiger partial charge in [0.25, 0.3) is 0 Å². The largest absolute Gasteiger partial charge is 0.399 e. The summed E-state index contributed by atoms with van der Waals surface area (Å²) in [4.78, 5) is 1.31. The Morgan fingerprint density at radius 1 is 1.46 bits per heavy atom. The smallest absolute Gasteiger partial charge is 0.0611 e. The molecule has 1 saturated heterocycles. The highest BCUT2D eigenvalue weighted by molar-refractivity contribution is 14.1. The molecule has 2 N–H and O–H groups in total. The third-order valence-electron chi connectivity index (χ3n) is 1.86. The Labute approximate surface area is 95.4 Å². The van der Waals surface area contributed by atoms with Gasteiger partial charge in [-0.3, -0.25) is 0 Å². The van der Waals surface area contributed by atoms with Crippen LogP contribution >= 0.6 is 34.4 Å². The molecule has 0 amide bonds. The van der Waals surface area contributed by atoms with Crippen molar-refractivity contribution in [1.29, 1.82) is 0 Å². The van der Waals surface area contributed by atoms with Crippen molar-refractivity contribution in [3.8, 4) is 0 Å². The normalized spacial score (nSPS) is 17.0. The first-order valence-electron chi connectivity index (χ1n) is 4.05. The lowest BCUT2D eigenvalue weighted by molar-refractivity contribution is 0.0455. The number of thioether (sulfide) groups is 1. The molecule has 1 fully saturated rings. The molecule has 0 saturated carbocycles. The highest BCUT2D eigenvalue weighted by Crippen LogP contribution is 2.32. The van der Waals surface area contributed by atoms with E-state index in [1.807, 2.05) is 23.9 Å². The van der Waals surface area contributed by atoms with Crippen LogP contribution < -0.4 is 5.73 Å². The number of hydrogen-bond donors (Lipinski definition) is 1. The molecular formula is C9H10INOS. The monoisotopic (exact) mass is 307 g/mol. The van der Waals surface area contributed by atoms with Crippen molar-refractivity contribution in [3.05, 3.63) is 21.8 Å². The molecule has 1 aliphatic heterocycles. The first-order chi connectivity index (χ1) is 6.25. The number of anilines is 1. The maximum absolute atomic E-state index is 5.67. The Balaban J connectivity index is 2.10. The van der Waals surface area contributed by atoms with Crippen LogP contribution in [0.25, 0.3) is 0 Å². The van der Waals surface area contributed by atoms with Crippen LogP contribution in [-0.4, -0.2) is 18.5 Å². The van der Waals surface area contributed by atoms with Crippen LogP contribution in [-0.2, 0) is 4.74 Å². The number of halogens is 1. The van der Waals surface area contributed by atoms with Gasteiger partial charge >= 0.3 is 0 Å². The molecule has 0 aromatic heterocycles. The summed E-state index contributed by atoms with van der Waals surface area (Å²) in [6.45, 7) is 1.76. The lowest BCUT2D eigenvalue weighted by Crippen LogP contribution is -2.30. The van der Waals surface area contributed by atoms with Crippen LogP contribution in [0.5, 0.6) is 0 Å². The summed E-state index contributed by atoms with van der Waals surface area (Å²) in [7, 11) is 0. The topological polar surface area (TPSA) is 35.2 Å². The van der Waals surface area contributed by atoms with Crippen LogP contribution in [0, 0.1) is 3.57 Å². The Morgan fingerprint density at radius 2 is 2.23 bits per heavy atom. The predicted octanol–water partition coefficient (Wildman–Crippen LogP) is 2.36. The van der Waals surface area contributed by atoms with Gasteiger partial charge in [0, 0.05) is 14.2 Å². The molecule has 1 aromatic rings. The minimum atomic E-state index is 0.636. The molecule has 0 radical (unpaired) electrons. The first-order valence-corrected chi connectivity index (χ1v) is 6.01. The average Bonchev–Trinajstić information content (AvgIpc) is 1.99. The number of hydrogen-bond acceptors (Lipinski definition) is 3. The predicted molar refractivity (Wildman–Crippen MR) is 64.0 cm³/mol. The zero-order valence-electron chi connectivity index (χ0n) is 7.00. The van der Waals surface area contributed by atoms with E-state index in [2.05, 4.69) is 28.7 Å². The third-order valence-corrected chi connectivity index (χ3v) is 4.33. The third kappa shape index (κ3) is 2.30. The van der Waals surface area contributed by atoms with Crippen molar-refractivity contribution < 1.29 is 4.74 Å². The second kappa shape index (κ2) is 4.06. The van der Waals surface area contributed by atoms with Gasteiger partial charge in [-0.05, 0) is 40.8 Å². The number of benzene rings is 1. The lowest BCUT2D eigenvalue weighted by Gasteiger charge is -2.25. The number of nitrogen functional groups attached to an aromatic ring is 1. The quantitative estimate of drug-likeness (QED) is 0.673. The summed E-state index contributed by atoms with van der Waals surface area (Å²) < 4.78 is 6.35. The summed E-state index contributed by atoms with van der Waals surface area (Å²) in [6, 6.07) is 6.03. The van der Waals surface area contributed by atoms with E-state index in [0.29, 0.717) is 5.25 Å². The zero-order valence-corrected chi connectivity index (χ0v) is 9.97. The van der Waals surface area contributed by atoms with Crippen LogP contribution in [0.2, 0.25) is 0 Å². The van der Waals surface area contributed by atoms with Gasteiger partial charge in [-0.25, -0.2) is 0 Å². The van der Waals surface area contributed by atoms with Crippen molar-refractivity contribution in [2.45, 2.75) is 10.1 Å². The average molecular weight is 307 g/mol. The van der Waals surface area contributed by atoms with Crippen molar-refractivity contribution in [2.24, 2.45) is 0 Å². The van der Waals surface area contributed by atoms with Crippen molar-refractivity contribution in [3.63, 3.8) is 0 Å². The molecular weight excluding hydrogens is 297 g/mol. The van der Waals surface area contributed by atoms with Crippen LogP contribution in [0.4, 0.5) is 5.69 Å². The number of nitrogens with two attached hydrogens (primary N) is 1. The highest BCUT2D eigenvalue weighted by atomic mass is 127. The van der Waals surface area contributed by atoms with Gasteiger partial charge in [0.2, 0.25) is 0 Å². The lowest BCUT2D eigenvalue weighted by atomic mass is 10.3. The van der Waals surface area contributed by atoms with Gasteiger partial charge in [-0.2, -0.15) is 0 Å². The minimum Gasteiger partial charge on any atom is -0.399 e. The summed E-state index contributed by atoms with van der Waals surface area (Å²) in [5.41, 5.74) is 6.50. The summed E-state index contributed by atoms with van der Waals surface area (Å²) in [5, 5.41) is 0.636. The van der Waals surface area contributed by atoms with Gasteiger partial charge in [-0.1, -0.05) is 0 Å². The molecule has 1 heterocycles. The van der Waals surface area contributed by atoms with Crippen molar-refractivity contribution >= 4 is 40.0 Å². The first kappa shape index (κ1) is 9.61. The standard InChI is InChI=1S/C9H10INOS/c10-8-3-6(11)1-2-9(8)13-7-4-12-5-7/h1-3,7H,4-5,11H2. The van der Waals surface area contributed by atoms with Crippen molar-refractivity contribution in [2.75, 3.05) is 18.9 Å². The molecule has 0 atom stereocenters. The summed E-state index contributed by atoms with van der Waals surface area (Å²) in [5.74, 6) is 0. The highest BCUT2D eigenvalue weighted by Gasteiger charge is 2.20. The van der Waals surface area contributed by atoms with E-state index < -0.39 is 0 Å². The number of rotatable bonds is 2. The van der Waals surface area contributed by atoms with Gasteiger partial charge in [0.15, 0.2) is 0 Å². The Morgan fingerprint density at radius 3 is 2.77 bits per heavy atom. The molecule has 70 valence electrons. The van der Waals surface area contributed by atoms with Gasteiger partial charge in [0.1, 0.15) is 0 Å². The molecule has 1 aromatic carbocycles. The fraction of sp³-hybridized carbons (Fsp3) is 0.333. The van der Waals surface area contributed by atoms with E-state index in [1.54, 1.807) is 0 Å². The van der Waals surface area contributed by atoms with Crippen LogP contribution in [0.3, 0.4) is 0 Å². The SMILES string of the molecule is Nc1ccc(SC2COC2)c(I)c1. The molecule has 0 aliphatic carbocycles. The molecule has 1 aliphatic rings. The fourth-order valence-corrected chi connectivity index (χ4v) is 3.00. The second-order valence-corrected chi connectivity index (χ2v) is 5.47. The number of ether oxygens (including phenoxy) is 1. The Hall–Kier alpha value is 0.0600. The van der Waals surface area contributed by atoms with E-state index in [4.69, 9.17) is 10.5 Å².